The molecule has 0 aliphatic heterocycles. The number of anilines is 2. The Bertz CT molecular complexity index is 721. The Kier molecular flexibility index (Phi) is 3.79. The van der Waals surface area contributed by atoms with Crippen molar-refractivity contribution in [2.24, 2.45) is 0 Å². The van der Waals surface area contributed by atoms with E-state index in [0.717, 1.165) is 0 Å². The van der Waals surface area contributed by atoms with Gasteiger partial charge >= 0.3 is 0 Å². The van der Waals surface area contributed by atoms with Gasteiger partial charge in [0.15, 0.2) is 0 Å². The van der Waals surface area contributed by atoms with Crippen LogP contribution in [0.5, 0.6) is 0 Å². The maximum Gasteiger partial charge on any atom is 0.265 e. The van der Waals surface area contributed by atoms with Gasteiger partial charge in [-0.2, -0.15) is 0 Å². The fourth-order valence-corrected chi connectivity index (χ4v) is 2.91. The molecule has 0 spiro atoms. The number of rotatable bonds is 3. The predicted molar refractivity (Wildman–Crippen MR) is 73.7 cm³/mol. The molecule has 19 heavy (non-hydrogen) atoms. The van der Waals surface area contributed by atoms with E-state index in [1.807, 2.05) is 0 Å². The lowest BCUT2D eigenvalue weighted by atomic mass is 10.3. The molecule has 0 saturated carbocycles. The third-order valence-electron chi connectivity index (χ3n) is 2.09. The number of sulfonamides is 1. The van der Waals surface area contributed by atoms with Crippen LogP contribution in [0.1, 0.15) is 0 Å². The highest BCUT2D eigenvalue weighted by atomic mass is 35.5. The molecule has 100 valence electrons. The van der Waals surface area contributed by atoms with Gasteiger partial charge in [-0.05, 0) is 24.3 Å². The molecule has 0 unspecified atom stereocenters. The molecular formula is C10H8Cl2N4O2S. The van der Waals surface area contributed by atoms with E-state index in [4.69, 9.17) is 28.9 Å². The second kappa shape index (κ2) is 5.20. The Balaban J connectivity index is 2.40. The van der Waals surface area contributed by atoms with E-state index < -0.39 is 10.0 Å². The molecule has 2 aromatic rings. The molecule has 0 radical (unpaired) electrons. The van der Waals surface area contributed by atoms with Crippen LogP contribution in [0.4, 0.5) is 11.6 Å². The van der Waals surface area contributed by atoms with Crippen molar-refractivity contribution < 1.29 is 8.42 Å². The average Bonchev–Trinajstić information content (AvgIpc) is 2.31. The van der Waals surface area contributed by atoms with E-state index >= 15 is 0 Å². The van der Waals surface area contributed by atoms with Crippen LogP contribution in [0.25, 0.3) is 0 Å². The molecule has 0 saturated heterocycles. The van der Waals surface area contributed by atoms with Crippen LogP contribution in [0.15, 0.2) is 35.4 Å². The number of hydrogen-bond acceptors (Lipinski definition) is 5. The third kappa shape index (κ3) is 3.25. The molecule has 1 heterocycles. The fourth-order valence-electron chi connectivity index (χ4n) is 1.29. The molecule has 2 rings (SSSR count). The molecule has 0 bridgehead atoms. The highest BCUT2D eigenvalue weighted by molar-refractivity contribution is 7.92. The predicted octanol–water partition coefficient (Wildman–Crippen LogP) is 2.17. The Morgan fingerprint density at radius 1 is 1.21 bits per heavy atom. The highest BCUT2D eigenvalue weighted by Crippen LogP contribution is 2.25. The minimum absolute atomic E-state index is 0.0451. The smallest absolute Gasteiger partial charge is 0.265 e. The van der Waals surface area contributed by atoms with E-state index in [-0.39, 0.29) is 26.7 Å². The zero-order valence-electron chi connectivity index (χ0n) is 9.34. The zero-order chi connectivity index (χ0) is 14.0. The van der Waals surface area contributed by atoms with Crippen LogP contribution >= 0.6 is 23.2 Å². The van der Waals surface area contributed by atoms with Gasteiger partial charge in [0.05, 0.1) is 5.02 Å². The number of aromatic nitrogens is 2. The summed E-state index contributed by atoms with van der Waals surface area (Å²) in [6.45, 7) is 0. The number of halogens is 2. The molecule has 1 aromatic carbocycles. The second-order valence-corrected chi connectivity index (χ2v) is 5.94. The van der Waals surface area contributed by atoms with Crippen molar-refractivity contribution >= 4 is 44.9 Å². The van der Waals surface area contributed by atoms with Crippen molar-refractivity contribution in [1.82, 2.24) is 9.97 Å². The summed E-state index contributed by atoms with van der Waals surface area (Å²) in [5.74, 6) is -0.147. The minimum atomic E-state index is -3.93. The van der Waals surface area contributed by atoms with Gasteiger partial charge in [0.25, 0.3) is 10.0 Å². The van der Waals surface area contributed by atoms with Gasteiger partial charge in [-0.3, -0.25) is 0 Å². The van der Waals surface area contributed by atoms with Gasteiger partial charge < -0.3 is 5.73 Å². The quantitative estimate of drug-likeness (QED) is 0.667. The zero-order valence-corrected chi connectivity index (χ0v) is 11.7. The molecule has 0 aliphatic carbocycles. The molecular weight excluding hydrogens is 311 g/mol. The van der Waals surface area contributed by atoms with Gasteiger partial charge in [0, 0.05) is 11.9 Å². The molecule has 3 N–H and O–H groups in total. The van der Waals surface area contributed by atoms with Crippen molar-refractivity contribution in [2.75, 3.05) is 10.5 Å². The van der Waals surface area contributed by atoms with Crippen LogP contribution in [0.2, 0.25) is 10.2 Å². The lowest BCUT2D eigenvalue weighted by molar-refractivity contribution is 0.601. The molecule has 0 fully saturated rings. The summed E-state index contributed by atoms with van der Waals surface area (Å²) in [5.41, 5.74) is 5.81. The van der Waals surface area contributed by atoms with Gasteiger partial charge in [0.2, 0.25) is 5.95 Å². The SMILES string of the molecule is Nc1ccc(Cl)c(S(=O)(=O)Nc2nccc(Cl)n2)c1. The van der Waals surface area contributed by atoms with Crippen molar-refractivity contribution in [3.05, 3.63) is 40.6 Å². The monoisotopic (exact) mass is 318 g/mol. The Hall–Kier alpha value is -1.57. The number of nitrogens with zero attached hydrogens (tertiary/aromatic N) is 2. The van der Waals surface area contributed by atoms with Crippen molar-refractivity contribution in [3.8, 4) is 0 Å². The summed E-state index contributed by atoms with van der Waals surface area (Å²) >= 11 is 11.5. The molecule has 6 nitrogen and oxygen atoms in total. The average molecular weight is 319 g/mol. The first kappa shape index (κ1) is 13.9. The first-order chi connectivity index (χ1) is 8.88. The van der Waals surface area contributed by atoms with Crippen LogP contribution in [-0.4, -0.2) is 18.4 Å². The summed E-state index contributed by atoms with van der Waals surface area (Å²) in [4.78, 5) is 7.31. The molecule has 0 amide bonds. The van der Waals surface area contributed by atoms with Crippen LogP contribution in [0.3, 0.4) is 0 Å². The Morgan fingerprint density at radius 3 is 2.63 bits per heavy atom. The molecule has 1 aromatic heterocycles. The van der Waals surface area contributed by atoms with Crippen LogP contribution in [-0.2, 0) is 10.0 Å². The van der Waals surface area contributed by atoms with Crippen LogP contribution in [0, 0.1) is 0 Å². The van der Waals surface area contributed by atoms with Crippen LogP contribution < -0.4 is 10.5 Å². The van der Waals surface area contributed by atoms with Gasteiger partial charge in [0.1, 0.15) is 10.0 Å². The lowest BCUT2D eigenvalue weighted by Gasteiger charge is -2.08. The van der Waals surface area contributed by atoms with E-state index in [1.54, 1.807) is 0 Å². The Morgan fingerprint density at radius 2 is 1.95 bits per heavy atom. The first-order valence-corrected chi connectivity index (χ1v) is 7.19. The van der Waals surface area contributed by atoms with Gasteiger partial charge in [-0.25, -0.2) is 23.1 Å². The summed E-state index contributed by atoms with van der Waals surface area (Å²) in [7, 11) is -3.93. The summed E-state index contributed by atoms with van der Waals surface area (Å²) in [6.07, 6.45) is 1.33. The number of benzene rings is 1. The maximum atomic E-state index is 12.1. The first-order valence-electron chi connectivity index (χ1n) is 4.95. The molecule has 9 heteroatoms. The van der Waals surface area contributed by atoms with E-state index in [9.17, 15) is 8.42 Å². The van der Waals surface area contributed by atoms with Crippen molar-refractivity contribution in [3.63, 3.8) is 0 Å². The summed E-state index contributed by atoms with van der Waals surface area (Å²) in [6, 6.07) is 5.56. The summed E-state index contributed by atoms with van der Waals surface area (Å²) in [5, 5.41) is 0.162. The third-order valence-corrected chi connectivity index (χ3v) is 4.11. The number of hydrogen-bond donors (Lipinski definition) is 2. The topological polar surface area (TPSA) is 98.0 Å². The Labute approximate surface area is 119 Å². The molecule has 0 aliphatic rings. The van der Waals surface area contributed by atoms with Crippen molar-refractivity contribution in [1.29, 1.82) is 0 Å². The van der Waals surface area contributed by atoms with E-state index in [1.165, 1.54) is 30.5 Å². The standard InChI is InChI=1S/C10H8Cl2N4O2S/c11-7-2-1-6(13)5-8(7)19(17,18)16-10-14-4-3-9(12)15-10/h1-5H,13H2,(H,14,15,16). The number of nitrogens with one attached hydrogen (secondary N) is 1. The normalized spacial score (nSPS) is 11.3. The lowest BCUT2D eigenvalue weighted by Crippen LogP contribution is -2.15. The van der Waals surface area contributed by atoms with E-state index in [0.29, 0.717) is 0 Å². The maximum absolute atomic E-state index is 12.1. The summed E-state index contributed by atoms with van der Waals surface area (Å²) < 4.78 is 26.4. The second-order valence-electron chi connectivity index (χ2n) is 3.50. The minimum Gasteiger partial charge on any atom is -0.399 e. The molecule has 0 atom stereocenters. The van der Waals surface area contributed by atoms with Crippen molar-refractivity contribution in [2.45, 2.75) is 4.90 Å². The number of nitrogens with two attached hydrogens (primary N) is 1. The fraction of sp³-hybridized carbons (Fsp3) is 0. The van der Waals surface area contributed by atoms with Gasteiger partial charge in [-0.15, -0.1) is 0 Å². The largest absolute Gasteiger partial charge is 0.399 e. The van der Waals surface area contributed by atoms with Gasteiger partial charge in [-0.1, -0.05) is 23.2 Å². The number of nitrogen functional groups attached to an aromatic ring is 1. The van der Waals surface area contributed by atoms with E-state index in [2.05, 4.69) is 14.7 Å². The highest BCUT2D eigenvalue weighted by Gasteiger charge is 2.19.